The van der Waals surface area contributed by atoms with Gasteiger partial charge < -0.3 is 14.9 Å². The minimum Gasteiger partial charge on any atom is -0.348 e. The number of rotatable bonds is 7. The van der Waals surface area contributed by atoms with Crippen molar-refractivity contribution in [1.29, 1.82) is 0 Å². The first kappa shape index (κ1) is 23.8. The number of carbonyl (C=O) groups excluding carboxylic acids is 1. The van der Waals surface area contributed by atoms with Gasteiger partial charge >= 0.3 is 0 Å². The Morgan fingerprint density at radius 3 is 2.47 bits per heavy atom. The van der Waals surface area contributed by atoms with Crippen molar-refractivity contribution in [1.82, 2.24) is 14.9 Å². The Morgan fingerprint density at radius 2 is 1.88 bits per heavy atom. The van der Waals surface area contributed by atoms with Gasteiger partial charge in [-0.2, -0.15) is 0 Å². The SMILES string of the molecule is CCCc1cc(C)[nH]c(=O)c1CNC(=O)c1cc(S(C)(=O)=O)cc2c1c(C)cn2C(C)C. The summed E-state index contributed by atoms with van der Waals surface area (Å²) in [5.74, 6) is -0.410. The highest BCUT2D eigenvalue weighted by Gasteiger charge is 2.21. The van der Waals surface area contributed by atoms with E-state index in [4.69, 9.17) is 0 Å². The molecular weight excluding hydrogens is 426 g/mol. The predicted octanol–water partition coefficient (Wildman–Crippen LogP) is 3.81. The minimum atomic E-state index is -3.52. The molecule has 0 aliphatic rings. The summed E-state index contributed by atoms with van der Waals surface area (Å²) in [6.45, 7) is 9.85. The van der Waals surface area contributed by atoms with Gasteiger partial charge in [0.15, 0.2) is 9.84 Å². The highest BCUT2D eigenvalue weighted by atomic mass is 32.2. The number of H-pyrrole nitrogens is 1. The summed E-state index contributed by atoms with van der Waals surface area (Å²) in [6.07, 6.45) is 4.68. The van der Waals surface area contributed by atoms with Crippen LogP contribution in [0, 0.1) is 13.8 Å². The maximum atomic E-state index is 13.3. The van der Waals surface area contributed by atoms with E-state index in [1.165, 1.54) is 6.07 Å². The Labute approximate surface area is 188 Å². The van der Waals surface area contributed by atoms with Gasteiger partial charge in [-0.25, -0.2) is 8.42 Å². The second-order valence-electron chi connectivity index (χ2n) is 8.67. The summed E-state index contributed by atoms with van der Waals surface area (Å²) in [5.41, 5.74) is 3.88. The fraction of sp³-hybridized carbons (Fsp3) is 0.417. The Hall–Kier alpha value is -2.87. The first-order chi connectivity index (χ1) is 14.9. The highest BCUT2D eigenvalue weighted by Crippen LogP contribution is 2.30. The molecule has 1 aromatic carbocycles. The van der Waals surface area contributed by atoms with Gasteiger partial charge in [-0.15, -0.1) is 0 Å². The fourth-order valence-corrected chi connectivity index (χ4v) is 4.77. The molecule has 0 fully saturated rings. The molecule has 0 atom stereocenters. The first-order valence-electron chi connectivity index (χ1n) is 10.8. The van der Waals surface area contributed by atoms with Crippen LogP contribution < -0.4 is 10.9 Å². The molecule has 32 heavy (non-hydrogen) atoms. The number of aryl methyl sites for hydroxylation is 3. The lowest BCUT2D eigenvalue weighted by Gasteiger charge is -2.14. The Bertz CT molecular complexity index is 1350. The van der Waals surface area contributed by atoms with Crippen molar-refractivity contribution in [2.24, 2.45) is 0 Å². The van der Waals surface area contributed by atoms with E-state index in [1.54, 1.807) is 6.07 Å². The largest absolute Gasteiger partial charge is 0.348 e. The number of sulfone groups is 1. The van der Waals surface area contributed by atoms with Crippen molar-refractivity contribution in [3.05, 3.63) is 62.7 Å². The summed E-state index contributed by atoms with van der Waals surface area (Å²) in [5, 5.41) is 3.57. The molecule has 172 valence electrons. The smallest absolute Gasteiger partial charge is 0.253 e. The van der Waals surface area contributed by atoms with E-state index >= 15 is 0 Å². The molecule has 0 unspecified atom stereocenters. The monoisotopic (exact) mass is 457 g/mol. The molecule has 1 amide bonds. The fourth-order valence-electron chi connectivity index (χ4n) is 4.12. The van der Waals surface area contributed by atoms with Crippen molar-refractivity contribution in [2.75, 3.05) is 6.26 Å². The lowest BCUT2D eigenvalue weighted by Crippen LogP contribution is -2.28. The average Bonchev–Trinajstić information content (AvgIpc) is 3.03. The molecule has 0 aliphatic heterocycles. The van der Waals surface area contributed by atoms with Crippen molar-refractivity contribution >= 4 is 26.6 Å². The van der Waals surface area contributed by atoms with Gasteiger partial charge in [0.1, 0.15) is 0 Å². The van der Waals surface area contributed by atoms with Crippen LogP contribution in [0.25, 0.3) is 10.9 Å². The van der Waals surface area contributed by atoms with Gasteiger partial charge in [0.25, 0.3) is 11.5 Å². The molecule has 2 aromatic heterocycles. The number of nitrogens with zero attached hydrogens (tertiary/aromatic N) is 1. The number of carbonyl (C=O) groups is 1. The molecule has 3 aromatic rings. The van der Waals surface area contributed by atoms with E-state index in [2.05, 4.69) is 10.3 Å². The number of fused-ring (bicyclic) bond motifs is 1. The summed E-state index contributed by atoms with van der Waals surface area (Å²) in [4.78, 5) is 28.7. The molecule has 0 aliphatic carbocycles. The molecule has 3 rings (SSSR count). The maximum absolute atomic E-state index is 13.3. The third-order valence-corrected chi connectivity index (χ3v) is 6.73. The molecule has 7 nitrogen and oxygen atoms in total. The molecule has 2 N–H and O–H groups in total. The number of aromatic amines is 1. The van der Waals surface area contributed by atoms with Crippen molar-refractivity contribution in [2.45, 2.75) is 64.9 Å². The summed E-state index contributed by atoms with van der Waals surface area (Å²) < 4.78 is 26.6. The number of hydrogen-bond acceptors (Lipinski definition) is 4. The van der Waals surface area contributed by atoms with Crippen LogP contribution in [0.3, 0.4) is 0 Å². The van der Waals surface area contributed by atoms with Crippen LogP contribution in [-0.4, -0.2) is 30.1 Å². The summed E-state index contributed by atoms with van der Waals surface area (Å²) >= 11 is 0. The number of pyridine rings is 1. The molecule has 2 heterocycles. The number of aromatic nitrogens is 2. The molecule has 0 saturated heterocycles. The van der Waals surface area contributed by atoms with Gasteiger partial charge in [0.2, 0.25) is 0 Å². The van der Waals surface area contributed by atoms with Gasteiger partial charge in [-0.05, 0) is 63.4 Å². The quantitative estimate of drug-likeness (QED) is 0.563. The zero-order valence-electron chi connectivity index (χ0n) is 19.5. The Balaban J connectivity index is 2.08. The number of benzene rings is 1. The van der Waals surface area contributed by atoms with Crippen LogP contribution in [0.4, 0.5) is 0 Å². The van der Waals surface area contributed by atoms with Crippen molar-refractivity contribution < 1.29 is 13.2 Å². The van der Waals surface area contributed by atoms with E-state index in [0.29, 0.717) is 16.6 Å². The molecule has 0 spiro atoms. The average molecular weight is 458 g/mol. The molecular formula is C24H31N3O4S. The van der Waals surface area contributed by atoms with Crippen LogP contribution in [0.2, 0.25) is 0 Å². The molecule has 0 radical (unpaired) electrons. The van der Waals surface area contributed by atoms with E-state index in [9.17, 15) is 18.0 Å². The van der Waals surface area contributed by atoms with Crippen molar-refractivity contribution in [3.8, 4) is 0 Å². The lowest BCUT2D eigenvalue weighted by molar-refractivity contribution is 0.0952. The third kappa shape index (κ3) is 4.65. The second-order valence-corrected chi connectivity index (χ2v) is 10.7. The third-order valence-electron chi connectivity index (χ3n) is 5.63. The van der Waals surface area contributed by atoms with Crippen LogP contribution in [0.5, 0.6) is 0 Å². The minimum absolute atomic E-state index is 0.0678. The van der Waals surface area contributed by atoms with E-state index in [1.807, 2.05) is 51.4 Å². The van der Waals surface area contributed by atoms with Crippen LogP contribution in [0.15, 0.2) is 34.1 Å². The predicted molar refractivity (Wildman–Crippen MR) is 127 cm³/mol. The topological polar surface area (TPSA) is 101 Å². The van der Waals surface area contributed by atoms with Gasteiger partial charge in [0, 0.05) is 41.7 Å². The normalized spacial score (nSPS) is 12.0. The first-order valence-corrected chi connectivity index (χ1v) is 12.7. The molecule has 8 heteroatoms. The second kappa shape index (κ2) is 8.94. The van der Waals surface area contributed by atoms with Crippen LogP contribution in [-0.2, 0) is 22.8 Å². The van der Waals surface area contributed by atoms with E-state index in [0.717, 1.165) is 41.3 Å². The zero-order valence-corrected chi connectivity index (χ0v) is 20.3. The zero-order chi connectivity index (χ0) is 23.8. The summed E-state index contributed by atoms with van der Waals surface area (Å²) in [6, 6.07) is 5.08. The number of nitrogens with one attached hydrogen (secondary N) is 2. The highest BCUT2D eigenvalue weighted by molar-refractivity contribution is 7.90. The van der Waals surface area contributed by atoms with Crippen LogP contribution in [0.1, 0.15) is 66.0 Å². The van der Waals surface area contributed by atoms with E-state index in [-0.39, 0.29) is 23.0 Å². The lowest BCUT2D eigenvalue weighted by atomic mass is 10.0. The van der Waals surface area contributed by atoms with Gasteiger partial charge in [-0.3, -0.25) is 9.59 Å². The Morgan fingerprint density at radius 1 is 1.19 bits per heavy atom. The molecule has 0 saturated carbocycles. The van der Waals surface area contributed by atoms with Crippen molar-refractivity contribution in [3.63, 3.8) is 0 Å². The number of hydrogen-bond donors (Lipinski definition) is 2. The van der Waals surface area contributed by atoms with Gasteiger partial charge in [-0.1, -0.05) is 13.3 Å². The summed E-state index contributed by atoms with van der Waals surface area (Å²) in [7, 11) is -3.52. The van der Waals surface area contributed by atoms with E-state index < -0.39 is 15.7 Å². The van der Waals surface area contributed by atoms with Gasteiger partial charge in [0.05, 0.1) is 16.0 Å². The standard InChI is InChI=1S/C24H31N3O4S/c1-7-8-17-9-16(5)26-24(29)20(17)12-25-23(28)19-10-18(32(6,30)31)11-21-22(19)15(4)13-27(21)14(2)3/h9-11,13-14H,7-8,12H2,1-6H3,(H,25,28)(H,26,29). The molecule has 0 bridgehead atoms. The number of amides is 1. The maximum Gasteiger partial charge on any atom is 0.253 e. The van der Waals surface area contributed by atoms with Crippen LogP contribution >= 0.6 is 0 Å². The Kier molecular flexibility index (Phi) is 6.64.